The van der Waals surface area contributed by atoms with Crippen LogP contribution in [0.25, 0.3) is 0 Å². The van der Waals surface area contributed by atoms with Gasteiger partial charge in [-0.15, -0.1) is 0 Å². The third-order valence-electron chi connectivity index (χ3n) is 6.75. The van der Waals surface area contributed by atoms with E-state index in [2.05, 4.69) is 9.47 Å². The van der Waals surface area contributed by atoms with Gasteiger partial charge >= 0.3 is 30.0 Å². The Morgan fingerprint density at radius 2 is 1.22 bits per heavy atom. The molecule has 1 aliphatic heterocycles. The van der Waals surface area contributed by atoms with Crippen LogP contribution in [-0.2, 0) is 54.2 Å². The van der Waals surface area contributed by atoms with Gasteiger partial charge in [-0.05, 0) is 42.0 Å². The van der Waals surface area contributed by atoms with Gasteiger partial charge in [0, 0.05) is 26.3 Å². The van der Waals surface area contributed by atoms with Gasteiger partial charge in [0.25, 0.3) is 0 Å². The Bertz CT molecular complexity index is 1820. The normalized spacial score (nSPS) is 18.8. The summed E-state index contributed by atoms with van der Waals surface area (Å²) >= 11 is 0. The number of phenolic OH excluding ortho intramolecular Hbond substituents is 1. The minimum absolute atomic E-state index is 0.0268. The summed E-state index contributed by atoms with van der Waals surface area (Å²) in [5.41, 5.74) is 0.769. The van der Waals surface area contributed by atoms with E-state index >= 15 is 0 Å². The molecule has 3 aromatic carbocycles. The highest BCUT2D eigenvalue weighted by atomic mass is 19.2. The van der Waals surface area contributed by atoms with Crippen LogP contribution in [0.3, 0.4) is 0 Å². The van der Waals surface area contributed by atoms with Gasteiger partial charge in [0.05, 0.1) is 7.11 Å². The van der Waals surface area contributed by atoms with E-state index in [0.29, 0.717) is 5.56 Å². The van der Waals surface area contributed by atoms with E-state index in [1.807, 2.05) is 0 Å². The summed E-state index contributed by atoms with van der Waals surface area (Å²) < 4.78 is 108. The summed E-state index contributed by atoms with van der Waals surface area (Å²) in [6.45, 7) is 2.41. The van der Waals surface area contributed by atoms with Gasteiger partial charge in [0.1, 0.15) is 24.4 Å². The highest BCUT2D eigenvalue weighted by Crippen LogP contribution is 2.32. The topological polar surface area (TPSA) is 196 Å². The number of aldehydes is 1. The molecule has 54 heavy (non-hydrogen) atoms. The molecule has 1 unspecified atom stereocenters. The number of benzene rings is 3. The first-order valence-electron chi connectivity index (χ1n) is 15.1. The number of phenols is 1. The van der Waals surface area contributed by atoms with E-state index in [1.165, 1.54) is 36.4 Å². The van der Waals surface area contributed by atoms with Crippen molar-refractivity contribution in [1.82, 2.24) is 0 Å². The van der Waals surface area contributed by atoms with E-state index in [4.69, 9.17) is 33.5 Å². The second-order valence-electron chi connectivity index (χ2n) is 10.7. The number of hydrogen-bond acceptors (Lipinski definition) is 15. The lowest BCUT2D eigenvalue weighted by atomic mass is 9.97. The number of hydrogen-bond donors (Lipinski definition) is 1. The van der Waals surface area contributed by atoms with Gasteiger partial charge in [0.2, 0.25) is 47.2 Å². The number of rotatable bonds is 10. The molecule has 1 aliphatic rings. The molecule has 0 bridgehead atoms. The SMILES string of the molecule is COC(=O)[C@H]1OC(Oc2ccc(COC(=O)Oc3c(F)c(F)c(F)c(F)c3F)cc2)[C@H](OC(C)=O)[C@@H](OC(C)=O)[C@@H]1OC(C)=O.O=Cc1ccc(O)cc1. The van der Waals surface area contributed by atoms with E-state index in [0.717, 1.165) is 34.2 Å². The number of carbonyl (C=O) groups is 6. The van der Waals surface area contributed by atoms with E-state index < -0.39 is 102 Å². The fraction of sp³-hybridized carbons (Fsp3) is 0.294. The maximum Gasteiger partial charge on any atom is 0.514 e. The maximum absolute atomic E-state index is 13.7. The largest absolute Gasteiger partial charge is 0.514 e. The lowest BCUT2D eigenvalue weighted by Crippen LogP contribution is -2.64. The summed E-state index contributed by atoms with van der Waals surface area (Å²) in [6.07, 6.45) is -9.24. The molecule has 20 heteroatoms. The van der Waals surface area contributed by atoms with Crippen LogP contribution in [0.4, 0.5) is 26.7 Å². The smallest absolute Gasteiger partial charge is 0.508 e. The van der Waals surface area contributed by atoms with Crippen LogP contribution in [-0.4, -0.2) is 79.2 Å². The first-order valence-corrected chi connectivity index (χ1v) is 15.1. The minimum Gasteiger partial charge on any atom is -0.508 e. The van der Waals surface area contributed by atoms with Gasteiger partial charge in [-0.25, -0.2) is 22.8 Å². The minimum atomic E-state index is -2.45. The maximum atomic E-state index is 13.7. The number of ether oxygens (including phenoxy) is 8. The zero-order chi connectivity index (χ0) is 40.3. The van der Waals surface area contributed by atoms with Gasteiger partial charge < -0.3 is 43.0 Å². The molecule has 0 saturated carbocycles. The van der Waals surface area contributed by atoms with Crippen molar-refractivity contribution >= 4 is 36.3 Å². The van der Waals surface area contributed by atoms with E-state index in [-0.39, 0.29) is 17.1 Å². The highest BCUT2D eigenvalue weighted by molar-refractivity contribution is 5.77. The number of aromatic hydroxyl groups is 1. The van der Waals surface area contributed by atoms with Crippen molar-refractivity contribution in [2.24, 2.45) is 0 Å². The van der Waals surface area contributed by atoms with Crippen LogP contribution in [0, 0.1) is 29.1 Å². The molecular weight excluding hydrogens is 743 g/mol. The zero-order valence-corrected chi connectivity index (χ0v) is 28.3. The van der Waals surface area contributed by atoms with Crippen molar-refractivity contribution < 1.29 is 93.7 Å². The quantitative estimate of drug-likeness (QED) is 0.0580. The number of esters is 4. The van der Waals surface area contributed by atoms with Crippen molar-refractivity contribution in [2.45, 2.75) is 58.1 Å². The second kappa shape index (κ2) is 19.0. The number of methoxy groups -OCH3 is 1. The molecule has 3 aromatic rings. The Kier molecular flexibility index (Phi) is 14.8. The molecule has 4 rings (SSSR count). The fourth-order valence-corrected chi connectivity index (χ4v) is 4.46. The average Bonchev–Trinajstić information content (AvgIpc) is 3.13. The molecule has 1 saturated heterocycles. The number of halogens is 5. The first-order chi connectivity index (χ1) is 25.5. The molecule has 1 N–H and O–H groups in total. The van der Waals surface area contributed by atoms with Crippen LogP contribution in [0.5, 0.6) is 17.2 Å². The van der Waals surface area contributed by atoms with Crippen molar-refractivity contribution in [3.05, 3.63) is 88.7 Å². The monoisotopic (exact) mass is 772 g/mol. The molecule has 0 aliphatic carbocycles. The molecule has 1 fully saturated rings. The Hall–Kier alpha value is -6.31. The molecule has 15 nitrogen and oxygen atoms in total. The summed E-state index contributed by atoms with van der Waals surface area (Å²) in [7, 11) is 1.01. The lowest BCUT2D eigenvalue weighted by molar-refractivity contribution is -0.282. The summed E-state index contributed by atoms with van der Waals surface area (Å²) in [5, 5.41) is 8.74. The standard InChI is InChI=1S/C27H23F5O13.C7H6O2/c1-10(33)40-21-22(41-11(2)34)24(42-12(3)35)26(44-23(21)25(36)38-4)43-14-7-5-13(6-8-14)9-39-27(37)45-20-18(31)16(29)15(28)17(30)19(20)32;8-5-6-1-3-7(9)4-2-6/h5-8,21-24,26H,9H2,1-4H3;1-5,9H/t21-,22-,23-,24+,26?;/m0./s1. The predicted octanol–water partition coefficient (Wildman–Crippen LogP) is 4.37. The van der Waals surface area contributed by atoms with E-state index in [9.17, 15) is 50.7 Å². The Labute approximate surface area is 301 Å². The Morgan fingerprint density at radius 3 is 1.72 bits per heavy atom. The average molecular weight is 773 g/mol. The van der Waals surface area contributed by atoms with Crippen molar-refractivity contribution in [3.8, 4) is 17.2 Å². The van der Waals surface area contributed by atoms with Crippen molar-refractivity contribution in [2.75, 3.05) is 7.11 Å². The molecule has 290 valence electrons. The van der Waals surface area contributed by atoms with Crippen LogP contribution in [0.15, 0.2) is 48.5 Å². The number of carbonyl (C=O) groups excluding carboxylic acids is 6. The Balaban J connectivity index is 0.000000759. The summed E-state index contributed by atoms with van der Waals surface area (Å²) in [4.78, 5) is 69.9. The van der Waals surface area contributed by atoms with Crippen LogP contribution in [0.1, 0.15) is 36.7 Å². The third kappa shape index (κ3) is 11.1. The predicted molar refractivity (Wildman–Crippen MR) is 165 cm³/mol. The highest BCUT2D eigenvalue weighted by Gasteiger charge is 2.55. The van der Waals surface area contributed by atoms with Crippen LogP contribution in [0.2, 0.25) is 0 Å². The Morgan fingerprint density at radius 1 is 0.722 bits per heavy atom. The van der Waals surface area contributed by atoms with Gasteiger partial charge in [-0.3, -0.25) is 19.2 Å². The zero-order valence-electron chi connectivity index (χ0n) is 28.3. The third-order valence-corrected chi connectivity index (χ3v) is 6.75. The molecular formula is C34H29F5O15. The van der Waals surface area contributed by atoms with E-state index in [1.54, 1.807) is 12.1 Å². The van der Waals surface area contributed by atoms with Crippen LogP contribution >= 0.6 is 0 Å². The summed E-state index contributed by atoms with van der Waals surface area (Å²) in [6, 6.07) is 11.2. The van der Waals surface area contributed by atoms with Crippen molar-refractivity contribution in [3.63, 3.8) is 0 Å². The van der Waals surface area contributed by atoms with Gasteiger partial charge in [0.15, 0.2) is 18.3 Å². The molecule has 0 amide bonds. The molecule has 0 radical (unpaired) electrons. The molecule has 0 aromatic heterocycles. The molecule has 0 spiro atoms. The molecule has 5 atom stereocenters. The fourth-order valence-electron chi connectivity index (χ4n) is 4.46. The molecule has 1 heterocycles. The summed E-state index contributed by atoms with van der Waals surface area (Å²) in [5.74, 6) is -17.3. The van der Waals surface area contributed by atoms with Crippen LogP contribution < -0.4 is 9.47 Å². The second-order valence-corrected chi connectivity index (χ2v) is 10.7. The van der Waals surface area contributed by atoms with Crippen molar-refractivity contribution in [1.29, 1.82) is 0 Å². The van der Waals surface area contributed by atoms with Gasteiger partial charge in [-0.2, -0.15) is 8.78 Å². The lowest BCUT2D eigenvalue weighted by Gasteiger charge is -2.43. The van der Waals surface area contributed by atoms with Gasteiger partial charge in [-0.1, -0.05) is 12.1 Å². The first kappa shape index (κ1) is 42.1.